The average molecular weight is 228 g/mol. The van der Waals surface area contributed by atoms with Crippen LogP contribution in [0, 0.1) is 22.7 Å². The standard InChI is InChI=1S/C4H2Cl2N2O3P/c5-3(1-7)10-12(9)11-4(6)2-8/h3-4H/q+1. The van der Waals surface area contributed by atoms with E-state index in [1.807, 2.05) is 0 Å². The van der Waals surface area contributed by atoms with Crippen LogP contribution in [-0.2, 0) is 13.6 Å². The van der Waals surface area contributed by atoms with E-state index < -0.39 is 19.4 Å². The van der Waals surface area contributed by atoms with E-state index in [1.165, 1.54) is 12.1 Å². The molecule has 0 aromatic carbocycles. The molecule has 2 unspecified atom stereocenters. The van der Waals surface area contributed by atoms with Crippen molar-refractivity contribution in [3.63, 3.8) is 0 Å². The summed E-state index contributed by atoms with van der Waals surface area (Å²) in [5.74, 6) is 0. The van der Waals surface area contributed by atoms with Gasteiger partial charge in [0.2, 0.25) is 0 Å². The Balaban J connectivity index is 3.78. The molecule has 12 heavy (non-hydrogen) atoms. The first-order chi connectivity index (χ1) is 5.60. The van der Waals surface area contributed by atoms with Crippen molar-refractivity contribution in [1.29, 1.82) is 10.5 Å². The Bertz CT molecular complexity index is 224. The van der Waals surface area contributed by atoms with Crippen LogP contribution in [0.15, 0.2) is 0 Å². The second-order valence-electron chi connectivity index (χ2n) is 1.32. The molecule has 64 valence electrons. The third-order valence-corrected chi connectivity index (χ3v) is 1.95. The molecule has 0 fully saturated rings. The Kier molecular flexibility index (Phi) is 5.92. The molecule has 0 saturated carbocycles. The molecule has 0 bridgehead atoms. The van der Waals surface area contributed by atoms with E-state index in [4.69, 9.17) is 33.7 Å². The van der Waals surface area contributed by atoms with Crippen molar-refractivity contribution in [2.45, 2.75) is 11.1 Å². The molecule has 0 radical (unpaired) electrons. The normalized spacial score (nSPS) is 15.5. The maximum atomic E-state index is 10.6. The van der Waals surface area contributed by atoms with Gasteiger partial charge in [0.1, 0.15) is 12.1 Å². The summed E-state index contributed by atoms with van der Waals surface area (Å²) in [7, 11) is -2.63. The fourth-order valence-electron chi connectivity index (χ4n) is 0.223. The van der Waals surface area contributed by atoms with Gasteiger partial charge in [0.25, 0.3) is 11.1 Å². The number of alkyl halides is 2. The SMILES string of the molecule is N#CC(Cl)O[P+](=O)OC(Cl)C#N. The Labute approximate surface area is 79.3 Å². The lowest BCUT2D eigenvalue weighted by atomic mass is 10.8. The number of nitriles is 2. The van der Waals surface area contributed by atoms with E-state index in [0.29, 0.717) is 0 Å². The lowest BCUT2D eigenvalue weighted by Gasteiger charge is -1.89. The van der Waals surface area contributed by atoms with Gasteiger partial charge in [0.05, 0.1) is 0 Å². The van der Waals surface area contributed by atoms with E-state index in [2.05, 4.69) is 9.05 Å². The zero-order valence-corrected chi connectivity index (χ0v) is 7.88. The van der Waals surface area contributed by atoms with Crippen LogP contribution >= 0.6 is 31.5 Å². The van der Waals surface area contributed by atoms with Gasteiger partial charge in [-0.1, -0.05) is 32.2 Å². The topological polar surface area (TPSA) is 83.1 Å². The fourth-order valence-corrected chi connectivity index (χ4v) is 1.06. The molecule has 0 rings (SSSR count). The number of hydrogen-bond acceptors (Lipinski definition) is 5. The number of rotatable bonds is 4. The summed E-state index contributed by atoms with van der Waals surface area (Å²) in [6.07, 6.45) is 0. The van der Waals surface area contributed by atoms with Crippen molar-refractivity contribution in [3.8, 4) is 12.1 Å². The van der Waals surface area contributed by atoms with Gasteiger partial charge in [-0.3, -0.25) is 0 Å². The van der Waals surface area contributed by atoms with Gasteiger partial charge in [-0.05, 0) is 0 Å². The molecule has 0 aliphatic carbocycles. The lowest BCUT2D eigenvalue weighted by molar-refractivity contribution is 0.235. The maximum Gasteiger partial charge on any atom is 0.702 e. The highest BCUT2D eigenvalue weighted by Gasteiger charge is 2.29. The largest absolute Gasteiger partial charge is 0.702 e. The van der Waals surface area contributed by atoms with Crippen molar-refractivity contribution in [3.05, 3.63) is 0 Å². The van der Waals surface area contributed by atoms with Gasteiger partial charge in [-0.25, -0.2) is 0 Å². The first kappa shape index (κ1) is 11.6. The van der Waals surface area contributed by atoms with Crippen LogP contribution in [0.1, 0.15) is 0 Å². The highest BCUT2D eigenvalue weighted by atomic mass is 35.5. The van der Waals surface area contributed by atoms with Gasteiger partial charge < -0.3 is 0 Å². The van der Waals surface area contributed by atoms with Crippen molar-refractivity contribution < 1.29 is 13.6 Å². The highest BCUT2D eigenvalue weighted by molar-refractivity contribution is 7.33. The molecule has 0 amide bonds. The molecule has 0 aromatic heterocycles. The zero-order valence-electron chi connectivity index (χ0n) is 5.48. The highest BCUT2D eigenvalue weighted by Crippen LogP contribution is 2.29. The van der Waals surface area contributed by atoms with Crippen molar-refractivity contribution >= 4 is 31.5 Å². The molecular weight excluding hydrogens is 226 g/mol. The van der Waals surface area contributed by atoms with Crippen LogP contribution in [0.2, 0.25) is 0 Å². The molecule has 0 saturated heterocycles. The van der Waals surface area contributed by atoms with Gasteiger partial charge in [0.15, 0.2) is 0 Å². The molecule has 0 N–H and O–H groups in total. The third-order valence-electron chi connectivity index (χ3n) is 0.560. The van der Waals surface area contributed by atoms with E-state index in [0.717, 1.165) is 0 Å². The van der Waals surface area contributed by atoms with E-state index in [1.54, 1.807) is 0 Å². The van der Waals surface area contributed by atoms with Crippen molar-refractivity contribution in [2.75, 3.05) is 0 Å². The molecule has 5 nitrogen and oxygen atoms in total. The summed E-state index contributed by atoms with van der Waals surface area (Å²) in [5, 5.41) is 16.2. The lowest BCUT2D eigenvalue weighted by Crippen LogP contribution is -1.99. The van der Waals surface area contributed by atoms with Crippen molar-refractivity contribution in [2.24, 2.45) is 0 Å². The molecule has 0 spiro atoms. The summed E-state index contributed by atoms with van der Waals surface area (Å²) < 4.78 is 19.1. The summed E-state index contributed by atoms with van der Waals surface area (Å²) in [5.41, 5.74) is -2.76. The summed E-state index contributed by atoms with van der Waals surface area (Å²) >= 11 is 10.2. The first-order valence-electron chi connectivity index (χ1n) is 2.48. The van der Waals surface area contributed by atoms with Gasteiger partial charge in [-0.15, -0.1) is 0 Å². The van der Waals surface area contributed by atoms with E-state index >= 15 is 0 Å². The quantitative estimate of drug-likeness (QED) is 0.541. The molecule has 8 heteroatoms. The zero-order chi connectivity index (χ0) is 9.56. The fraction of sp³-hybridized carbons (Fsp3) is 0.500. The van der Waals surface area contributed by atoms with Crippen LogP contribution in [-0.4, -0.2) is 11.1 Å². The molecule has 0 aliphatic rings. The summed E-state index contributed by atoms with van der Waals surface area (Å²) in [4.78, 5) is 0. The Morgan fingerprint density at radius 2 is 1.50 bits per heavy atom. The van der Waals surface area contributed by atoms with Gasteiger partial charge >= 0.3 is 8.25 Å². The van der Waals surface area contributed by atoms with E-state index in [9.17, 15) is 4.57 Å². The average Bonchev–Trinajstić information content (AvgIpc) is 2.03. The third kappa shape index (κ3) is 5.26. The number of hydrogen-bond donors (Lipinski definition) is 0. The number of halogens is 2. The minimum Gasteiger partial charge on any atom is -0.194 e. The predicted molar refractivity (Wildman–Crippen MR) is 40.3 cm³/mol. The Morgan fingerprint density at radius 3 is 1.75 bits per heavy atom. The first-order valence-corrected chi connectivity index (χ1v) is 4.45. The Morgan fingerprint density at radius 1 is 1.17 bits per heavy atom. The summed E-state index contributed by atoms with van der Waals surface area (Å²) in [6, 6.07) is 2.88. The second-order valence-corrected chi connectivity index (χ2v) is 2.99. The number of nitrogens with zero attached hydrogens (tertiary/aromatic N) is 2. The monoisotopic (exact) mass is 227 g/mol. The van der Waals surface area contributed by atoms with Crippen LogP contribution in [0.25, 0.3) is 0 Å². The Hall–Kier alpha value is -0.420. The predicted octanol–water partition coefficient (Wildman–Crippen LogP) is 1.85. The summed E-state index contributed by atoms with van der Waals surface area (Å²) in [6.45, 7) is 0. The van der Waals surface area contributed by atoms with Crippen LogP contribution < -0.4 is 0 Å². The van der Waals surface area contributed by atoms with Crippen LogP contribution in [0.4, 0.5) is 0 Å². The molecule has 0 heterocycles. The molecule has 2 atom stereocenters. The van der Waals surface area contributed by atoms with Gasteiger partial charge in [-0.2, -0.15) is 10.5 Å². The minimum atomic E-state index is -2.63. The van der Waals surface area contributed by atoms with Crippen LogP contribution in [0.5, 0.6) is 0 Å². The molecular formula is C4H2Cl2N2O3P+. The maximum absolute atomic E-state index is 10.6. The van der Waals surface area contributed by atoms with Crippen LogP contribution in [0.3, 0.4) is 0 Å². The second kappa shape index (κ2) is 6.14. The molecule has 0 aromatic rings. The van der Waals surface area contributed by atoms with Crippen molar-refractivity contribution in [1.82, 2.24) is 0 Å². The molecule has 0 aliphatic heterocycles. The van der Waals surface area contributed by atoms with Gasteiger partial charge in [0, 0.05) is 4.57 Å². The minimum absolute atomic E-state index is 1.38. The smallest absolute Gasteiger partial charge is 0.194 e. The van der Waals surface area contributed by atoms with E-state index in [-0.39, 0.29) is 0 Å².